The molecule has 0 radical (unpaired) electrons. The summed E-state index contributed by atoms with van der Waals surface area (Å²) in [5, 5.41) is 4.61. The van der Waals surface area contributed by atoms with E-state index in [1.165, 1.54) is 0 Å². The second-order valence-electron chi connectivity index (χ2n) is 9.62. The van der Waals surface area contributed by atoms with Crippen LogP contribution < -0.4 is 9.31 Å². The molecule has 180 valence electrons. The fraction of sp³-hybridized carbons (Fsp3) is 0.0286. The summed E-state index contributed by atoms with van der Waals surface area (Å²) in [6.07, 6.45) is 2.42. The number of allylic oxidation sites excluding steroid dienone is 1. The largest absolute Gasteiger partial charge is 0.598 e. The Morgan fingerprint density at radius 3 is 1.42 bits per heavy atom. The second kappa shape index (κ2) is 9.28. The molecule has 0 aliphatic carbocycles. The Balaban J connectivity index is 1.69. The Morgan fingerprint density at radius 2 is 0.974 bits per heavy atom. The van der Waals surface area contributed by atoms with Crippen molar-refractivity contribution in [2.24, 2.45) is 0 Å². The standard InChI is InChI=1S/C35H25BO2/c1-2-21-36-37-34-30(24-13-5-3-6-14-24)22-26-17-9-11-19-28(26)32(34)33-29-20-12-10-18-27(29)23-31(35(33)38-36)25-15-7-4-8-16-25/h2-20,22-23H,1,21H2. The zero-order valence-corrected chi connectivity index (χ0v) is 20.9. The number of fused-ring (bicyclic) bond motifs is 7. The van der Waals surface area contributed by atoms with Gasteiger partial charge in [0.15, 0.2) is 0 Å². The van der Waals surface area contributed by atoms with Crippen LogP contribution in [0.3, 0.4) is 0 Å². The molecule has 7 rings (SSSR count). The van der Waals surface area contributed by atoms with Gasteiger partial charge in [-0.2, -0.15) is 0 Å². The van der Waals surface area contributed by atoms with Crippen molar-refractivity contribution < 1.29 is 9.31 Å². The number of hydrogen-bond donors (Lipinski definition) is 0. The van der Waals surface area contributed by atoms with E-state index in [1.807, 2.05) is 18.2 Å². The fourth-order valence-corrected chi connectivity index (χ4v) is 5.58. The molecule has 1 heterocycles. The molecule has 0 aromatic heterocycles. The second-order valence-corrected chi connectivity index (χ2v) is 9.62. The minimum absolute atomic E-state index is 0.514. The molecular weight excluding hydrogens is 463 g/mol. The summed E-state index contributed by atoms with van der Waals surface area (Å²) in [5.74, 6) is 1.69. The molecule has 3 heteroatoms. The van der Waals surface area contributed by atoms with Crippen LogP contribution in [-0.2, 0) is 0 Å². The molecule has 0 saturated carbocycles. The Bertz CT molecular complexity index is 1680. The van der Waals surface area contributed by atoms with E-state index in [4.69, 9.17) is 9.31 Å². The topological polar surface area (TPSA) is 18.5 Å². The summed E-state index contributed by atoms with van der Waals surface area (Å²) >= 11 is 0. The van der Waals surface area contributed by atoms with Crippen molar-refractivity contribution in [3.05, 3.63) is 134 Å². The summed E-state index contributed by atoms with van der Waals surface area (Å²) < 4.78 is 13.6. The molecule has 0 unspecified atom stereocenters. The Hall–Kier alpha value is -4.76. The molecule has 0 fully saturated rings. The normalized spacial score (nSPS) is 12.3. The van der Waals surface area contributed by atoms with Crippen LogP contribution in [0.25, 0.3) is 54.9 Å². The maximum Gasteiger partial charge on any atom is 0.598 e. The predicted molar refractivity (Wildman–Crippen MR) is 160 cm³/mol. The third-order valence-electron chi connectivity index (χ3n) is 7.28. The van der Waals surface area contributed by atoms with Gasteiger partial charge in [0, 0.05) is 28.6 Å². The van der Waals surface area contributed by atoms with E-state index in [1.54, 1.807) is 0 Å². The zero-order valence-electron chi connectivity index (χ0n) is 20.9. The van der Waals surface area contributed by atoms with Crippen molar-refractivity contribution in [3.8, 4) is 44.9 Å². The first-order valence-corrected chi connectivity index (χ1v) is 13.0. The highest BCUT2D eigenvalue weighted by molar-refractivity contribution is 6.48. The smallest absolute Gasteiger partial charge is 0.525 e. The summed E-state index contributed by atoms with van der Waals surface area (Å²) in [6.45, 7) is 4.00. The average Bonchev–Trinajstić information content (AvgIpc) is 3.15. The van der Waals surface area contributed by atoms with Gasteiger partial charge in [-0.25, -0.2) is 0 Å². The van der Waals surface area contributed by atoms with E-state index >= 15 is 0 Å². The number of hydrogen-bond acceptors (Lipinski definition) is 2. The lowest BCUT2D eigenvalue weighted by Gasteiger charge is -2.19. The highest BCUT2D eigenvalue weighted by atomic mass is 16.6. The van der Waals surface area contributed by atoms with Crippen molar-refractivity contribution in [1.82, 2.24) is 0 Å². The van der Waals surface area contributed by atoms with Gasteiger partial charge in [-0.1, -0.05) is 115 Å². The number of benzene rings is 6. The van der Waals surface area contributed by atoms with Crippen LogP contribution in [0.4, 0.5) is 0 Å². The van der Waals surface area contributed by atoms with E-state index in [2.05, 4.69) is 116 Å². The highest BCUT2D eigenvalue weighted by Gasteiger charge is 2.34. The molecule has 0 saturated heterocycles. The molecule has 1 aliphatic rings. The summed E-state index contributed by atoms with van der Waals surface area (Å²) in [6, 6.07) is 42.5. The molecule has 6 aromatic carbocycles. The van der Waals surface area contributed by atoms with Gasteiger partial charge >= 0.3 is 7.12 Å². The minimum atomic E-state index is -0.514. The molecule has 0 bridgehead atoms. The van der Waals surface area contributed by atoms with Crippen molar-refractivity contribution >= 4 is 28.7 Å². The van der Waals surface area contributed by atoms with Crippen LogP contribution in [0.5, 0.6) is 11.5 Å². The average molecular weight is 488 g/mol. The molecule has 38 heavy (non-hydrogen) atoms. The number of rotatable bonds is 4. The monoisotopic (exact) mass is 488 g/mol. The molecule has 2 nitrogen and oxygen atoms in total. The van der Waals surface area contributed by atoms with Gasteiger partial charge < -0.3 is 9.31 Å². The molecule has 0 N–H and O–H groups in total. The van der Waals surface area contributed by atoms with Crippen LogP contribution >= 0.6 is 0 Å². The predicted octanol–water partition coefficient (Wildman–Crippen LogP) is 9.44. The lowest BCUT2D eigenvalue weighted by atomic mass is 9.84. The van der Waals surface area contributed by atoms with Gasteiger partial charge in [-0.05, 0) is 44.8 Å². The summed E-state index contributed by atoms with van der Waals surface area (Å²) in [4.78, 5) is 0. The molecular formula is C35H25BO2. The SMILES string of the molecule is C=CCB1Oc2c(-c3ccccc3)cc3ccccc3c2-c2c(c(-c3ccccc3)cc3ccccc23)O1. The van der Waals surface area contributed by atoms with E-state index < -0.39 is 7.12 Å². The molecule has 1 aliphatic heterocycles. The molecule has 0 atom stereocenters. The van der Waals surface area contributed by atoms with Gasteiger partial charge in [0.1, 0.15) is 11.5 Å². The molecule has 6 aromatic rings. The van der Waals surface area contributed by atoms with Crippen LogP contribution in [0, 0.1) is 0 Å². The van der Waals surface area contributed by atoms with Crippen LogP contribution in [0.1, 0.15) is 0 Å². The van der Waals surface area contributed by atoms with Crippen molar-refractivity contribution in [2.75, 3.05) is 0 Å². The molecule has 0 amide bonds. The first kappa shape index (κ1) is 22.4. The van der Waals surface area contributed by atoms with Gasteiger partial charge in [0.25, 0.3) is 0 Å². The maximum absolute atomic E-state index is 6.82. The van der Waals surface area contributed by atoms with Crippen LogP contribution in [0.15, 0.2) is 134 Å². The van der Waals surface area contributed by atoms with Gasteiger partial charge in [0.2, 0.25) is 0 Å². The van der Waals surface area contributed by atoms with Crippen LogP contribution in [-0.4, -0.2) is 7.12 Å². The summed E-state index contributed by atoms with van der Waals surface area (Å²) in [7, 11) is -0.514. The quantitative estimate of drug-likeness (QED) is 0.182. The first-order chi connectivity index (χ1) is 18.8. The van der Waals surface area contributed by atoms with Gasteiger partial charge in [-0.3, -0.25) is 0 Å². The third kappa shape index (κ3) is 3.67. The third-order valence-corrected chi connectivity index (χ3v) is 7.28. The fourth-order valence-electron chi connectivity index (χ4n) is 5.58. The Labute approximate surface area is 222 Å². The van der Waals surface area contributed by atoms with Crippen molar-refractivity contribution in [2.45, 2.75) is 6.32 Å². The maximum atomic E-state index is 6.82. The minimum Gasteiger partial charge on any atom is -0.525 e. The van der Waals surface area contributed by atoms with Crippen molar-refractivity contribution in [3.63, 3.8) is 0 Å². The lowest BCUT2D eigenvalue weighted by Crippen LogP contribution is -2.28. The van der Waals surface area contributed by atoms with Gasteiger partial charge in [-0.15, -0.1) is 6.58 Å². The summed E-state index contributed by atoms with van der Waals surface area (Å²) in [5.41, 5.74) is 6.46. The van der Waals surface area contributed by atoms with Gasteiger partial charge in [0.05, 0.1) is 0 Å². The van der Waals surface area contributed by atoms with Crippen LogP contribution in [0.2, 0.25) is 6.32 Å². The lowest BCUT2D eigenvalue weighted by molar-refractivity contribution is 0.436. The van der Waals surface area contributed by atoms with E-state index in [9.17, 15) is 0 Å². The van der Waals surface area contributed by atoms with E-state index in [0.29, 0.717) is 6.32 Å². The highest BCUT2D eigenvalue weighted by Crippen LogP contribution is 2.54. The van der Waals surface area contributed by atoms with E-state index in [-0.39, 0.29) is 0 Å². The zero-order chi connectivity index (χ0) is 25.5. The Kier molecular flexibility index (Phi) is 5.48. The molecule has 0 spiro atoms. The van der Waals surface area contributed by atoms with Crippen molar-refractivity contribution in [1.29, 1.82) is 0 Å². The van der Waals surface area contributed by atoms with E-state index in [0.717, 1.165) is 66.4 Å². The first-order valence-electron chi connectivity index (χ1n) is 13.0. The Morgan fingerprint density at radius 1 is 0.553 bits per heavy atom.